The van der Waals surface area contributed by atoms with E-state index >= 15 is 0 Å². The van der Waals surface area contributed by atoms with Gasteiger partial charge in [-0.25, -0.2) is 4.39 Å². The Morgan fingerprint density at radius 3 is 2.86 bits per heavy atom. The van der Waals surface area contributed by atoms with E-state index in [0.29, 0.717) is 10.9 Å². The van der Waals surface area contributed by atoms with Gasteiger partial charge in [-0.2, -0.15) is 0 Å². The van der Waals surface area contributed by atoms with Gasteiger partial charge >= 0.3 is 5.97 Å². The van der Waals surface area contributed by atoms with Crippen molar-refractivity contribution in [2.24, 2.45) is 0 Å². The summed E-state index contributed by atoms with van der Waals surface area (Å²) in [7, 11) is 0. The summed E-state index contributed by atoms with van der Waals surface area (Å²) in [4.78, 5) is 23.1. The van der Waals surface area contributed by atoms with Crippen molar-refractivity contribution in [1.29, 1.82) is 0 Å². The first-order valence-electron chi connectivity index (χ1n) is 6.28. The normalized spacial score (nSPS) is 10.3. The molecule has 1 aromatic heterocycles. The standard InChI is InChI=1S/C13H12FN3O3S2/c1-2-20-10(18)7-21-13-17-16-12(22-13)15-11(19)8-5-3-4-6-9(8)14/h3-6H,2,7H2,1H3,(H,15,16,19). The Morgan fingerprint density at radius 1 is 1.36 bits per heavy atom. The van der Waals surface area contributed by atoms with Gasteiger partial charge < -0.3 is 4.74 Å². The van der Waals surface area contributed by atoms with Crippen LogP contribution in [0.4, 0.5) is 9.52 Å². The molecule has 0 spiro atoms. The minimum absolute atomic E-state index is 0.0709. The Morgan fingerprint density at radius 2 is 2.14 bits per heavy atom. The number of ether oxygens (including phenoxy) is 1. The third-order valence-electron chi connectivity index (χ3n) is 2.36. The molecule has 116 valence electrons. The van der Waals surface area contributed by atoms with Gasteiger partial charge in [0.15, 0.2) is 4.34 Å². The van der Waals surface area contributed by atoms with Gasteiger partial charge in [0.05, 0.1) is 17.9 Å². The molecule has 1 aromatic carbocycles. The van der Waals surface area contributed by atoms with Crippen LogP contribution in [0.5, 0.6) is 0 Å². The highest BCUT2D eigenvalue weighted by atomic mass is 32.2. The highest BCUT2D eigenvalue weighted by Gasteiger charge is 2.14. The lowest BCUT2D eigenvalue weighted by molar-refractivity contribution is -0.139. The molecular formula is C13H12FN3O3S2. The number of halogens is 1. The molecule has 0 unspecified atom stereocenters. The van der Waals surface area contributed by atoms with E-state index in [1.807, 2.05) is 0 Å². The van der Waals surface area contributed by atoms with Gasteiger partial charge in [-0.15, -0.1) is 10.2 Å². The number of hydrogen-bond acceptors (Lipinski definition) is 7. The summed E-state index contributed by atoms with van der Waals surface area (Å²) in [6, 6.07) is 5.65. The van der Waals surface area contributed by atoms with E-state index in [0.717, 1.165) is 23.1 Å². The lowest BCUT2D eigenvalue weighted by atomic mass is 10.2. The largest absolute Gasteiger partial charge is 0.465 e. The summed E-state index contributed by atoms with van der Waals surface area (Å²) >= 11 is 2.26. The number of hydrogen-bond donors (Lipinski definition) is 1. The molecule has 9 heteroatoms. The first-order valence-corrected chi connectivity index (χ1v) is 8.08. The fourth-order valence-electron chi connectivity index (χ4n) is 1.45. The number of esters is 1. The molecule has 2 aromatic rings. The van der Waals surface area contributed by atoms with Gasteiger partial charge in [0.25, 0.3) is 5.91 Å². The van der Waals surface area contributed by atoms with E-state index in [1.54, 1.807) is 13.0 Å². The van der Waals surface area contributed by atoms with E-state index in [4.69, 9.17) is 4.74 Å². The number of thioether (sulfide) groups is 1. The van der Waals surface area contributed by atoms with Crippen molar-refractivity contribution >= 4 is 40.1 Å². The van der Waals surface area contributed by atoms with Crippen LogP contribution < -0.4 is 5.32 Å². The van der Waals surface area contributed by atoms with Gasteiger partial charge in [0.2, 0.25) is 5.13 Å². The van der Waals surface area contributed by atoms with Gasteiger partial charge in [-0.3, -0.25) is 14.9 Å². The first-order chi connectivity index (χ1) is 10.6. The zero-order chi connectivity index (χ0) is 15.9. The summed E-state index contributed by atoms with van der Waals surface area (Å²) in [6.07, 6.45) is 0. The Balaban J connectivity index is 1.93. The number of carbonyl (C=O) groups is 2. The zero-order valence-electron chi connectivity index (χ0n) is 11.5. The monoisotopic (exact) mass is 341 g/mol. The Labute approximate surface area is 134 Å². The molecule has 1 amide bonds. The van der Waals surface area contributed by atoms with E-state index < -0.39 is 11.7 Å². The molecular weight excluding hydrogens is 329 g/mol. The second kappa shape index (κ2) is 7.85. The van der Waals surface area contributed by atoms with Crippen LogP contribution in [0, 0.1) is 5.82 Å². The van der Waals surface area contributed by atoms with Crippen LogP contribution in [-0.2, 0) is 9.53 Å². The maximum Gasteiger partial charge on any atom is 0.316 e. The fourth-order valence-corrected chi connectivity index (χ4v) is 3.00. The fraction of sp³-hybridized carbons (Fsp3) is 0.231. The van der Waals surface area contributed by atoms with Crippen molar-refractivity contribution < 1.29 is 18.7 Å². The molecule has 0 bridgehead atoms. The second-order valence-electron chi connectivity index (χ2n) is 3.90. The van der Waals surface area contributed by atoms with E-state index in [-0.39, 0.29) is 22.4 Å². The number of rotatable bonds is 6. The summed E-state index contributed by atoms with van der Waals surface area (Å²) in [6.45, 7) is 2.04. The molecule has 6 nitrogen and oxygen atoms in total. The highest BCUT2D eigenvalue weighted by molar-refractivity contribution is 8.01. The van der Waals surface area contributed by atoms with Crippen LogP contribution in [-0.4, -0.2) is 34.4 Å². The van der Waals surface area contributed by atoms with Gasteiger partial charge in [0.1, 0.15) is 5.82 Å². The molecule has 0 fully saturated rings. The average molecular weight is 341 g/mol. The highest BCUT2D eigenvalue weighted by Crippen LogP contribution is 2.26. The molecule has 0 atom stereocenters. The number of nitrogens with one attached hydrogen (secondary N) is 1. The molecule has 0 radical (unpaired) electrons. The molecule has 1 N–H and O–H groups in total. The maximum atomic E-state index is 13.5. The van der Waals surface area contributed by atoms with Gasteiger partial charge in [0, 0.05) is 0 Å². The van der Waals surface area contributed by atoms with Crippen molar-refractivity contribution in [1.82, 2.24) is 10.2 Å². The smallest absolute Gasteiger partial charge is 0.316 e. The van der Waals surface area contributed by atoms with Crippen LogP contribution in [0.1, 0.15) is 17.3 Å². The minimum atomic E-state index is -0.610. The number of anilines is 1. The lowest BCUT2D eigenvalue weighted by Crippen LogP contribution is -2.13. The summed E-state index contributed by atoms with van der Waals surface area (Å²) in [5.41, 5.74) is -0.0709. The molecule has 0 aliphatic heterocycles. The van der Waals surface area contributed by atoms with Crippen molar-refractivity contribution in [2.75, 3.05) is 17.7 Å². The molecule has 0 saturated carbocycles. The topological polar surface area (TPSA) is 81.2 Å². The van der Waals surface area contributed by atoms with Crippen molar-refractivity contribution in [3.05, 3.63) is 35.6 Å². The summed E-state index contributed by atoms with van der Waals surface area (Å²) in [5.74, 6) is -1.44. The summed E-state index contributed by atoms with van der Waals surface area (Å²) in [5, 5.41) is 10.3. The van der Waals surface area contributed by atoms with Gasteiger partial charge in [-0.05, 0) is 19.1 Å². The SMILES string of the molecule is CCOC(=O)CSc1nnc(NC(=O)c2ccccc2F)s1. The molecule has 0 aliphatic carbocycles. The van der Waals surface area contributed by atoms with E-state index in [9.17, 15) is 14.0 Å². The van der Waals surface area contributed by atoms with Crippen molar-refractivity contribution in [3.63, 3.8) is 0 Å². The molecule has 22 heavy (non-hydrogen) atoms. The quantitative estimate of drug-likeness (QED) is 0.494. The van der Waals surface area contributed by atoms with E-state index in [1.165, 1.54) is 18.2 Å². The zero-order valence-corrected chi connectivity index (χ0v) is 13.2. The van der Waals surface area contributed by atoms with Crippen LogP contribution in [0.3, 0.4) is 0 Å². The predicted octanol–water partition coefficient (Wildman–Crippen LogP) is 2.58. The lowest BCUT2D eigenvalue weighted by Gasteiger charge is -2.01. The number of amides is 1. The Kier molecular flexibility index (Phi) is 5.84. The van der Waals surface area contributed by atoms with Crippen LogP contribution >= 0.6 is 23.1 Å². The minimum Gasteiger partial charge on any atom is -0.465 e. The Hall–Kier alpha value is -2.00. The van der Waals surface area contributed by atoms with Crippen LogP contribution in [0.2, 0.25) is 0 Å². The van der Waals surface area contributed by atoms with E-state index in [2.05, 4.69) is 15.5 Å². The van der Waals surface area contributed by atoms with Crippen LogP contribution in [0.15, 0.2) is 28.6 Å². The van der Waals surface area contributed by atoms with Crippen LogP contribution in [0.25, 0.3) is 0 Å². The van der Waals surface area contributed by atoms with Gasteiger partial charge in [-0.1, -0.05) is 35.2 Å². The van der Waals surface area contributed by atoms with Crippen molar-refractivity contribution in [2.45, 2.75) is 11.3 Å². The average Bonchev–Trinajstić information content (AvgIpc) is 2.93. The number of aromatic nitrogens is 2. The maximum absolute atomic E-state index is 13.5. The summed E-state index contributed by atoms with van der Waals surface area (Å²) < 4.78 is 18.8. The molecule has 1 heterocycles. The first kappa shape index (κ1) is 16.4. The molecule has 2 rings (SSSR count). The number of carbonyl (C=O) groups excluding carboxylic acids is 2. The predicted molar refractivity (Wildman–Crippen MR) is 81.6 cm³/mol. The molecule has 0 saturated heterocycles. The number of benzene rings is 1. The third kappa shape index (κ3) is 4.50. The second-order valence-corrected chi connectivity index (χ2v) is 6.10. The third-order valence-corrected chi connectivity index (χ3v) is 4.31. The Bertz CT molecular complexity index is 678. The molecule has 0 aliphatic rings. The van der Waals surface area contributed by atoms with Crippen molar-refractivity contribution in [3.8, 4) is 0 Å². The number of nitrogens with zero attached hydrogens (tertiary/aromatic N) is 2.